The Morgan fingerprint density at radius 3 is 2.46 bits per heavy atom. The van der Waals surface area contributed by atoms with Crippen LogP contribution >= 0.6 is 0 Å². The second-order valence-corrected chi connectivity index (χ2v) is 5.41. The van der Waals surface area contributed by atoms with E-state index in [0.717, 1.165) is 28.7 Å². The maximum Gasteiger partial charge on any atom is 0.404 e. The molecule has 0 heterocycles. The number of amides is 1. The van der Waals surface area contributed by atoms with Gasteiger partial charge in [0.05, 0.1) is 13.7 Å². The zero-order chi connectivity index (χ0) is 21.4. The van der Waals surface area contributed by atoms with Gasteiger partial charge in [-0.3, -0.25) is 0 Å². The molecule has 0 aromatic heterocycles. The van der Waals surface area contributed by atoms with E-state index in [9.17, 15) is 4.79 Å². The minimum absolute atomic E-state index is 0.0212. The number of fused-ring (bicyclic) bond motifs is 1. The van der Waals surface area contributed by atoms with Gasteiger partial charge in [0.15, 0.2) is 0 Å². The highest BCUT2D eigenvalue weighted by Gasteiger charge is 2.28. The Bertz CT molecular complexity index is 677. The summed E-state index contributed by atoms with van der Waals surface area (Å²) < 4.78 is 4.99. The minimum Gasteiger partial charge on any atom is -0.449 e. The van der Waals surface area contributed by atoms with Crippen LogP contribution in [0.4, 0.5) is 4.79 Å². The summed E-state index contributed by atoms with van der Waals surface area (Å²) in [6, 6.07) is 8.08. The number of nitrogens with two attached hydrogens (primary N) is 1. The number of primary amides is 1. The van der Waals surface area contributed by atoms with Crippen LogP contribution in [0, 0.1) is 0 Å². The summed E-state index contributed by atoms with van der Waals surface area (Å²) in [7, 11) is 1.49. The van der Waals surface area contributed by atoms with Gasteiger partial charge in [-0.25, -0.2) is 14.6 Å². The molecule has 1 aromatic rings. The fourth-order valence-corrected chi connectivity index (χ4v) is 2.73. The van der Waals surface area contributed by atoms with Gasteiger partial charge in [-0.15, -0.1) is 6.58 Å². The van der Waals surface area contributed by atoms with Crippen LogP contribution in [0.15, 0.2) is 67.3 Å². The third kappa shape index (κ3) is 7.94. The number of rotatable bonds is 8. The zero-order valence-corrected chi connectivity index (χ0v) is 17.4. The fourth-order valence-electron chi connectivity index (χ4n) is 2.73. The molecule has 0 saturated heterocycles. The van der Waals surface area contributed by atoms with Crippen molar-refractivity contribution in [3.05, 3.63) is 78.4 Å². The van der Waals surface area contributed by atoms with E-state index in [-0.39, 0.29) is 12.5 Å². The SMILES string of the molecule is C=CC1=C(/C=C\C)C(COC(N)=O)c2ccccc21.C=CCCOOC.CC. The summed E-state index contributed by atoms with van der Waals surface area (Å²) in [4.78, 5) is 19.6. The van der Waals surface area contributed by atoms with Gasteiger partial charge in [0.25, 0.3) is 0 Å². The quantitative estimate of drug-likeness (QED) is 0.274. The number of benzene rings is 1. The van der Waals surface area contributed by atoms with Gasteiger partial charge in [-0.1, -0.05) is 69.0 Å². The lowest BCUT2D eigenvalue weighted by Gasteiger charge is -2.14. The molecule has 1 aromatic carbocycles. The molecule has 5 heteroatoms. The second kappa shape index (κ2) is 15.4. The van der Waals surface area contributed by atoms with Crippen LogP contribution in [0.5, 0.6) is 0 Å². The molecule has 0 radical (unpaired) electrons. The average molecular weight is 388 g/mol. The van der Waals surface area contributed by atoms with E-state index in [1.54, 1.807) is 6.08 Å². The molecule has 154 valence electrons. The largest absolute Gasteiger partial charge is 0.449 e. The molecule has 0 aliphatic heterocycles. The van der Waals surface area contributed by atoms with Gasteiger partial charge in [0.1, 0.15) is 6.61 Å². The van der Waals surface area contributed by atoms with Gasteiger partial charge < -0.3 is 10.5 Å². The minimum atomic E-state index is -0.746. The third-order valence-electron chi connectivity index (χ3n) is 3.78. The van der Waals surface area contributed by atoms with Gasteiger partial charge in [-0.2, -0.15) is 0 Å². The second-order valence-electron chi connectivity index (χ2n) is 5.41. The van der Waals surface area contributed by atoms with Crippen LogP contribution in [0.2, 0.25) is 0 Å². The Labute approximate surface area is 169 Å². The standard InChI is InChI=1S/C16H17NO2.C5H10O2.C2H6/c1-3-7-12-11(4-2)13-8-5-6-9-14(13)15(12)10-19-16(17)18;1-3-4-5-7-6-2;1-2/h3-9,15H,2,10H2,1H3,(H2,17,18);3H,1,4-5H2,2H3;1-2H3/b7-3-;;. The van der Waals surface area contributed by atoms with Crippen molar-refractivity contribution < 1.29 is 19.3 Å². The van der Waals surface area contributed by atoms with Crippen molar-refractivity contribution in [1.82, 2.24) is 0 Å². The number of allylic oxidation sites excluding steroid dienone is 4. The molecule has 0 spiro atoms. The molecule has 0 bridgehead atoms. The Kier molecular flexibility index (Phi) is 14.0. The van der Waals surface area contributed by atoms with E-state index in [2.05, 4.69) is 29.0 Å². The predicted octanol–water partition coefficient (Wildman–Crippen LogP) is 5.56. The normalized spacial score (nSPS) is 14.4. The maximum atomic E-state index is 10.8. The van der Waals surface area contributed by atoms with Crippen LogP contribution in [-0.4, -0.2) is 26.4 Å². The molecule has 2 N–H and O–H groups in total. The molecule has 1 aliphatic carbocycles. The first-order valence-corrected chi connectivity index (χ1v) is 9.37. The molecule has 28 heavy (non-hydrogen) atoms. The van der Waals surface area contributed by atoms with Crippen LogP contribution in [0.25, 0.3) is 5.57 Å². The molecule has 1 aliphatic rings. The van der Waals surface area contributed by atoms with Crippen molar-refractivity contribution in [2.45, 2.75) is 33.1 Å². The summed E-state index contributed by atoms with van der Waals surface area (Å²) in [6.07, 6.45) is 7.73. The molecule has 2 rings (SSSR count). The lowest BCUT2D eigenvalue weighted by molar-refractivity contribution is -0.271. The maximum absolute atomic E-state index is 10.8. The Morgan fingerprint density at radius 1 is 1.25 bits per heavy atom. The smallest absolute Gasteiger partial charge is 0.404 e. The average Bonchev–Trinajstić information content (AvgIpc) is 3.01. The van der Waals surface area contributed by atoms with Crippen molar-refractivity contribution in [1.29, 1.82) is 0 Å². The van der Waals surface area contributed by atoms with Gasteiger partial charge in [-0.05, 0) is 35.6 Å². The monoisotopic (exact) mass is 387 g/mol. The predicted molar refractivity (Wildman–Crippen MR) is 116 cm³/mol. The van der Waals surface area contributed by atoms with Gasteiger partial charge in [0.2, 0.25) is 0 Å². The van der Waals surface area contributed by atoms with Gasteiger partial charge in [0, 0.05) is 5.92 Å². The van der Waals surface area contributed by atoms with Crippen molar-refractivity contribution in [2.24, 2.45) is 5.73 Å². The molecule has 5 nitrogen and oxygen atoms in total. The van der Waals surface area contributed by atoms with Crippen molar-refractivity contribution >= 4 is 11.7 Å². The van der Waals surface area contributed by atoms with E-state index < -0.39 is 6.09 Å². The number of hydrogen-bond donors (Lipinski definition) is 1. The highest BCUT2D eigenvalue weighted by atomic mass is 17.2. The van der Waals surface area contributed by atoms with E-state index in [4.69, 9.17) is 10.5 Å². The zero-order valence-electron chi connectivity index (χ0n) is 17.4. The van der Waals surface area contributed by atoms with Crippen LogP contribution in [0.1, 0.15) is 44.2 Å². The number of ether oxygens (including phenoxy) is 1. The fraction of sp³-hybridized carbons (Fsp3) is 0.348. The lowest BCUT2D eigenvalue weighted by atomic mass is 9.96. The van der Waals surface area contributed by atoms with E-state index in [1.165, 1.54) is 7.11 Å². The summed E-state index contributed by atoms with van der Waals surface area (Å²) in [5, 5.41) is 0. The topological polar surface area (TPSA) is 70.8 Å². The molecule has 0 saturated carbocycles. The van der Waals surface area contributed by atoms with Crippen LogP contribution in [0.3, 0.4) is 0 Å². The summed E-state index contributed by atoms with van der Waals surface area (Å²) in [5.74, 6) is 0.0212. The number of carbonyl (C=O) groups is 1. The van der Waals surface area contributed by atoms with E-state index >= 15 is 0 Å². The van der Waals surface area contributed by atoms with Gasteiger partial charge >= 0.3 is 6.09 Å². The molecule has 1 atom stereocenters. The first-order valence-electron chi connectivity index (χ1n) is 9.37. The molecular weight excluding hydrogens is 354 g/mol. The van der Waals surface area contributed by atoms with Crippen molar-refractivity contribution in [3.63, 3.8) is 0 Å². The van der Waals surface area contributed by atoms with Crippen molar-refractivity contribution in [3.8, 4) is 0 Å². The first kappa shape index (κ1) is 25.4. The third-order valence-corrected chi connectivity index (χ3v) is 3.78. The summed E-state index contributed by atoms with van der Waals surface area (Å²) >= 11 is 0. The Morgan fingerprint density at radius 2 is 1.93 bits per heavy atom. The van der Waals surface area contributed by atoms with E-state index in [1.807, 2.05) is 57.2 Å². The first-order chi connectivity index (χ1) is 13.6. The lowest BCUT2D eigenvalue weighted by Crippen LogP contribution is -2.17. The Hall–Kier alpha value is -2.63. The molecule has 1 amide bonds. The van der Waals surface area contributed by atoms with E-state index in [0.29, 0.717) is 6.61 Å². The van der Waals surface area contributed by atoms with Crippen LogP contribution < -0.4 is 5.73 Å². The number of hydrogen-bond acceptors (Lipinski definition) is 4. The van der Waals surface area contributed by atoms with Crippen LogP contribution in [-0.2, 0) is 14.5 Å². The van der Waals surface area contributed by atoms with Crippen molar-refractivity contribution in [2.75, 3.05) is 20.3 Å². The molecule has 1 unspecified atom stereocenters. The highest BCUT2D eigenvalue weighted by molar-refractivity contribution is 5.86. The molecular formula is C23H33NO4. The Balaban J connectivity index is 0.000000688. The molecule has 0 fully saturated rings. The summed E-state index contributed by atoms with van der Waals surface area (Å²) in [6.45, 7) is 14.2. The highest BCUT2D eigenvalue weighted by Crippen LogP contribution is 2.43. The number of carbonyl (C=O) groups excluding carboxylic acids is 1. The summed E-state index contributed by atoms with van der Waals surface area (Å²) in [5.41, 5.74) is 9.55.